The van der Waals surface area contributed by atoms with Crippen LogP contribution >= 0.6 is 15.9 Å². The Kier molecular flexibility index (Phi) is 5.49. The molecular formula is C12H20BrN3O2. The molecule has 0 aromatic carbocycles. The van der Waals surface area contributed by atoms with Crippen molar-refractivity contribution in [3.8, 4) is 0 Å². The van der Waals surface area contributed by atoms with Crippen molar-refractivity contribution in [1.29, 1.82) is 0 Å². The minimum absolute atomic E-state index is 0.0500. The molecule has 0 fully saturated rings. The fourth-order valence-corrected chi connectivity index (χ4v) is 2.06. The summed E-state index contributed by atoms with van der Waals surface area (Å²) in [5, 5.41) is 4.16. The highest BCUT2D eigenvalue weighted by Crippen LogP contribution is 2.20. The molecule has 0 saturated heterocycles. The Labute approximate surface area is 116 Å². The van der Waals surface area contributed by atoms with Gasteiger partial charge in [0.15, 0.2) is 5.78 Å². The largest absolute Gasteiger partial charge is 0.383 e. The van der Waals surface area contributed by atoms with Gasteiger partial charge < -0.3 is 10.5 Å². The van der Waals surface area contributed by atoms with Crippen LogP contribution in [0.2, 0.25) is 0 Å². The van der Waals surface area contributed by atoms with E-state index < -0.39 is 0 Å². The maximum absolute atomic E-state index is 12.2. The second-order valence-electron chi connectivity index (χ2n) is 4.97. The molecule has 0 unspecified atom stereocenters. The molecule has 0 aliphatic rings. The van der Waals surface area contributed by atoms with E-state index >= 15 is 0 Å². The molecule has 0 aliphatic carbocycles. The lowest BCUT2D eigenvalue weighted by atomic mass is 9.97. The highest BCUT2D eigenvalue weighted by Gasteiger charge is 2.20. The smallest absolute Gasteiger partial charge is 0.182 e. The zero-order chi connectivity index (χ0) is 13.8. The molecule has 1 rings (SSSR count). The second kappa shape index (κ2) is 6.45. The van der Waals surface area contributed by atoms with Gasteiger partial charge in [-0.05, 0) is 36.2 Å². The van der Waals surface area contributed by atoms with E-state index in [2.05, 4.69) is 21.0 Å². The van der Waals surface area contributed by atoms with Gasteiger partial charge in [0.1, 0.15) is 5.69 Å². The van der Waals surface area contributed by atoms with Crippen LogP contribution < -0.4 is 5.73 Å². The van der Waals surface area contributed by atoms with Gasteiger partial charge in [0.05, 0.1) is 23.8 Å². The fourth-order valence-electron chi connectivity index (χ4n) is 1.54. The van der Waals surface area contributed by atoms with E-state index in [1.807, 2.05) is 13.8 Å². The number of carbonyl (C=O) groups excluding carboxylic acids is 1. The molecule has 0 amide bonds. The van der Waals surface area contributed by atoms with E-state index in [-0.39, 0.29) is 11.3 Å². The number of hydrogen-bond acceptors (Lipinski definition) is 4. The highest BCUT2D eigenvalue weighted by molar-refractivity contribution is 9.10. The predicted molar refractivity (Wildman–Crippen MR) is 73.6 cm³/mol. The lowest BCUT2D eigenvalue weighted by Gasteiger charge is -2.17. The summed E-state index contributed by atoms with van der Waals surface area (Å²) >= 11 is 3.35. The third-order valence-corrected chi connectivity index (χ3v) is 3.14. The molecule has 0 aliphatic heterocycles. The fraction of sp³-hybridized carbons (Fsp3) is 0.667. The van der Waals surface area contributed by atoms with Crippen LogP contribution in [0.4, 0.5) is 0 Å². The lowest BCUT2D eigenvalue weighted by Crippen LogP contribution is -2.32. The van der Waals surface area contributed by atoms with Gasteiger partial charge in [0.2, 0.25) is 0 Å². The number of hydrogen-bond donors (Lipinski definition) is 1. The number of nitrogens with zero attached hydrogens (tertiary/aromatic N) is 2. The molecule has 5 nitrogen and oxygen atoms in total. The maximum atomic E-state index is 12.2. The SMILES string of the molecule is COCCn1ncc(Br)c1C(=O)CCC(C)(C)N. The van der Waals surface area contributed by atoms with Gasteiger partial charge >= 0.3 is 0 Å². The molecule has 6 heteroatoms. The first-order chi connectivity index (χ1) is 8.35. The van der Waals surface area contributed by atoms with E-state index in [0.717, 1.165) is 4.47 Å². The summed E-state index contributed by atoms with van der Waals surface area (Å²) in [4.78, 5) is 12.2. The number of nitrogens with two attached hydrogens (primary N) is 1. The van der Waals surface area contributed by atoms with Crippen molar-refractivity contribution in [2.45, 2.75) is 38.8 Å². The Bertz CT molecular complexity index is 410. The summed E-state index contributed by atoms with van der Waals surface area (Å²) < 4.78 is 7.38. The van der Waals surface area contributed by atoms with Crippen LogP contribution in [0.15, 0.2) is 10.7 Å². The van der Waals surface area contributed by atoms with Crippen LogP contribution in [-0.4, -0.2) is 34.8 Å². The van der Waals surface area contributed by atoms with Crippen LogP contribution in [0.25, 0.3) is 0 Å². The Morgan fingerprint density at radius 3 is 2.83 bits per heavy atom. The molecule has 1 heterocycles. The summed E-state index contributed by atoms with van der Waals surface area (Å²) in [5.74, 6) is 0.0500. The van der Waals surface area contributed by atoms with Gasteiger partial charge in [0.25, 0.3) is 0 Å². The van der Waals surface area contributed by atoms with E-state index in [0.29, 0.717) is 31.7 Å². The first-order valence-electron chi connectivity index (χ1n) is 5.87. The van der Waals surface area contributed by atoms with Crippen molar-refractivity contribution < 1.29 is 9.53 Å². The molecule has 0 spiro atoms. The minimum atomic E-state index is -0.334. The van der Waals surface area contributed by atoms with Crippen LogP contribution in [0.3, 0.4) is 0 Å². The van der Waals surface area contributed by atoms with E-state index in [1.165, 1.54) is 0 Å². The van der Waals surface area contributed by atoms with Gasteiger partial charge in [-0.15, -0.1) is 0 Å². The zero-order valence-electron chi connectivity index (χ0n) is 11.1. The lowest BCUT2D eigenvalue weighted by molar-refractivity contribution is 0.0957. The normalized spacial score (nSPS) is 11.8. The van der Waals surface area contributed by atoms with Gasteiger partial charge in [-0.1, -0.05) is 0 Å². The summed E-state index contributed by atoms with van der Waals surface area (Å²) in [6.45, 7) is 4.92. The van der Waals surface area contributed by atoms with Crippen molar-refractivity contribution >= 4 is 21.7 Å². The molecule has 18 heavy (non-hydrogen) atoms. The van der Waals surface area contributed by atoms with Crippen LogP contribution in [0, 0.1) is 0 Å². The Morgan fingerprint density at radius 2 is 2.28 bits per heavy atom. The van der Waals surface area contributed by atoms with Crippen LogP contribution in [-0.2, 0) is 11.3 Å². The summed E-state index contributed by atoms with van der Waals surface area (Å²) in [7, 11) is 1.62. The van der Waals surface area contributed by atoms with Gasteiger partial charge in [-0.25, -0.2) is 0 Å². The highest BCUT2D eigenvalue weighted by atomic mass is 79.9. The molecule has 102 valence electrons. The first kappa shape index (κ1) is 15.3. The molecule has 1 aromatic heterocycles. The number of methoxy groups -OCH3 is 1. The van der Waals surface area contributed by atoms with Crippen LogP contribution in [0.1, 0.15) is 37.2 Å². The topological polar surface area (TPSA) is 70.1 Å². The molecule has 0 radical (unpaired) electrons. The summed E-state index contributed by atoms with van der Waals surface area (Å²) in [5.41, 5.74) is 6.15. The van der Waals surface area contributed by atoms with Crippen molar-refractivity contribution in [2.75, 3.05) is 13.7 Å². The van der Waals surface area contributed by atoms with Gasteiger partial charge in [-0.2, -0.15) is 5.10 Å². The molecule has 0 bridgehead atoms. The standard InChI is InChI=1S/C12H20BrN3O2/c1-12(2,14)5-4-10(17)11-9(13)8-15-16(11)6-7-18-3/h8H,4-7,14H2,1-3H3. The van der Waals surface area contributed by atoms with Gasteiger partial charge in [0, 0.05) is 19.1 Å². The first-order valence-corrected chi connectivity index (χ1v) is 6.67. The maximum Gasteiger partial charge on any atom is 0.182 e. The molecule has 0 saturated carbocycles. The predicted octanol–water partition coefficient (Wildman–Crippen LogP) is 1.99. The van der Waals surface area contributed by atoms with E-state index in [4.69, 9.17) is 10.5 Å². The van der Waals surface area contributed by atoms with Crippen molar-refractivity contribution in [3.05, 3.63) is 16.4 Å². The van der Waals surface area contributed by atoms with Crippen molar-refractivity contribution in [3.63, 3.8) is 0 Å². The number of rotatable bonds is 7. The monoisotopic (exact) mass is 317 g/mol. The Hall–Kier alpha value is -0.720. The Balaban J connectivity index is 2.75. The third-order valence-electron chi connectivity index (χ3n) is 2.56. The average molecular weight is 318 g/mol. The number of carbonyl (C=O) groups is 1. The number of aromatic nitrogens is 2. The number of Topliss-reactive ketones (excluding diaryl/α,β-unsaturated/α-hetero) is 1. The third kappa shape index (κ3) is 4.51. The zero-order valence-corrected chi connectivity index (χ0v) is 12.7. The van der Waals surface area contributed by atoms with Crippen molar-refractivity contribution in [1.82, 2.24) is 9.78 Å². The Morgan fingerprint density at radius 1 is 1.61 bits per heavy atom. The number of ether oxygens (including phenoxy) is 1. The molecule has 2 N–H and O–H groups in total. The summed E-state index contributed by atoms with van der Waals surface area (Å²) in [6.07, 6.45) is 2.70. The second-order valence-corrected chi connectivity index (χ2v) is 5.82. The van der Waals surface area contributed by atoms with E-state index in [1.54, 1.807) is 18.0 Å². The average Bonchev–Trinajstić information content (AvgIpc) is 2.64. The molecule has 1 aromatic rings. The van der Waals surface area contributed by atoms with Crippen molar-refractivity contribution in [2.24, 2.45) is 5.73 Å². The van der Waals surface area contributed by atoms with Crippen LogP contribution in [0.5, 0.6) is 0 Å². The molecular weight excluding hydrogens is 298 g/mol. The molecule has 0 atom stereocenters. The van der Waals surface area contributed by atoms with E-state index in [9.17, 15) is 4.79 Å². The minimum Gasteiger partial charge on any atom is -0.383 e. The number of halogens is 1. The quantitative estimate of drug-likeness (QED) is 0.781. The van der Waals surface area contributed by atoms with Gasteiger partial charge in [-0.3, -0.25) is 9.48 Å². The number of ketones is 1. The summed E-state index contributed by atoms with van der Waals surface area (Å²) in [6, 6.07) is 0.